The molecule has 64 valence electrons. The lowest BCUT2D eigenvalue weighted by Gasteiger charge is -2.08. The van der Waals surface area contributed by atoms with Crippen LogP contribution in [0.5, 0.6) is 0 Å². The Morgan fingerprint density at radius 3 is 2.18 bits per heavy atom. The lowest BCUT2D eigenvalue weighted by atomic mass is 9.98. The van der Waals surface area contributed by atoms with Crippen molar-refractivity contribution in [2.24, 2.45) is 5.92 Å². The minimum atomic E-state index is 0.128. The SMILES string of the molecule is CC(C)=C(/C=C/CO)C(C)C. The van der Waals surface area contributed by atoms with Crippen molar-refractivity contribution in [2.45, 2.75) is 27.7 Å². The van der Waals surface area contributed by atoms with Crippen molar-refractivity contribution in [1.82, 2.24) is 0 Å². The maximum absolute atomic E-state index is 8.57. The molecule has 0 heterocycles. The third kappa shape index (κ3) is 3.99. The highest BCUT2D eigenvalue weighted by Crippen LogP contribution is 2.15. The normalized spacial score (nSPS) is 11.1. The molecule has 0 spiro atoms. The minimum Gasteiger partial charge on any atom is -0.392 e. The fourth-order valence-electron chi connectivity index (χ4n) is 1.12. The van der Waals surface area contributed by atoms with Gasteiger partial charge in [-0.1, -0.05) is 31.6 Å². The number of aliphatic hydroxyl groups excluding tert-OH is 1. The molecule has 1 N–H and O–H groups in total. The summed E-state index contributed by atoms with van der Waals surface area (Å²) < 4.78 is 0. The van der Waals surface area contributed by atoms with E-state index >= 15 is 0 Å². The third-order valence-electron chi connectivity index (χ3n) is 1.60. The van der Waals surface area contributed by atoms with E-state index in [0.29, 0.717) is 5.92 Å². The van der Waals surface area contributed by atoms with Crippen molar-refractivity contribution >= 4 is 0 Å². The van der Waals surface area contributed by atoms with Gasteiger partial charge in [-0.3, -0.25) is 0 Å². The average molecular weight is 154 g/mol. The van der Waals surface area contributed by atoms with Crippen LogP contribution in [0.3, 0.4) is 0 Å². The molecule has 0 bridgehead atoms. The van der Waals surface area contributed by atoms with Gasteiger partial charge < -0.3 is 5.11 Å². The van der Waals surface area contributed by atoms with Gasteiger partial charge in [0.25, 0.3) is 0 Å². The molecule has 0 amide bonds. The molecule has 0 radical (unpaired) electrons. The van der Waals surface area contributed by atoms with Crippen molar-refractivity contribution in [2.75, 3.05) is 6.61 Å². The second kappa shape index (κ2) is 5.14. The summed E-state index contributed by atoms with van der Waals surface area (Å²) >= 11 is 0. The Labute approximate surface area is 69.4 Å². The molecular formula is C10H18O. The molecule has 0 unspecified atom stereocenters. The van der Waals surface area contributed by atoms with E-state index in [-0.39, 0.29) is 6.61 Å². The molecule has 0 aliphatic carbocycles. The monoisotopic (exact) mass is 154 g/mol. The van der Waals surface area contributed by atoms with Crippen LogP contribution in [0.1, 0.15) is 27.7 Å². The van der Waals surface area contributed by atoms with Gasteiger partial charge >= 0.3 is 0 Å². The molecule has 1 nitrogen and oxygen atoms in total. The largest absolute Gasteiger partial charge is 0.392 e. The molecule has 0 rings (SSSR count). The second-order valence-corrected chi connectivity index (χ2v) is 3.19. The lowest BCUT2D eigenvalue weighted by Crippen LogP contribution is -1.93. The summed E-state index contributed by atoms with van der Waals surface area (Å²) in [6, 6.07) is 0. The van der Waals surface area contributed by atoms with Gasteiger partial charge in [-0.2, -0.15) is 0 Å². The zero-order valence-electron chi connectivity index (χ0n) is 7.89. The Hall–Kier alpha value is -0.560. The summed E-state index contributed by atoms with van der Waals surface area (Å²) in [6.45, 7) is 8.63. The van der Waals surface area contributed by atoms with E-state index in [1.807, 2.05) is 6.08 Å². The first-order valence-electron chi connectivity index (χ1n) is 4.04. The summed E-state index contributed by atoms with van der Waals surface area (Å²) in [5.41, 5.74) is 2.64. The van der Waals surface area contributed by atoms with E-state index in [9.17, 15) is 0 Å². The highest BCUT2D eigenvalue weighted by molar-refractivity contribution is 5.25. The van der Waals surface area contributed by atoms with Crippen molar-refractivity contribution in [3.63, 3.8) is 0 Å². The van der Waals surface area contributed by atoms with Crippen LogP contribution in [0.4, 0.5) is 0 Å². The topological polar surface area (TPSA) is 20.2 Å². The Morgan fingerprint density at radius 1 is 1.36 bits per heavy atom. The molecular weight excluding hydrogens is 136 g/mol. The smallest absolute Gasteiger partial charge is 0.0615 e. The van der Waals surface area contributed by atoms with E-state index < -0.39 is 0 Å². The first-order chi connectivity index (χ1) is 5.09. The molecule has 0 aliphatic heterocycles. The van der Waals surface area contributed by atoms with Crippen molar-refractivity contribution in [1.29, 1.82) is 0 Å². The van der Waals surface area contributed by atoms with Gasteiger partial charge in [-0.25, -0.2) is 0 Å². The van der Waals surface area contributed by atoms with Gasteiger partial charge in [0.05, 0.1) is 6.61 Å². The molecule has 0 aromatic heterocycles. The van der Waals surface area contributed by atoms with Crippen LogP contribution in [0.2, 0.25) is 0 Å². The van der Waals surface area contributed by atoms with Crippen molar-refractivity contribution < 1.29 is 5.11 Å². The van der Waals surface area contributed by atoms with E-state index in [1.165, 1.54) is 11.1 Å². The van der Waals surface area contributed by atoms with Crippen LogP contribution in [-0.2, 0) is 0 Å². The van der Waals surface area contributed by atoms with E-state index in [0.717, 1.165) is 0 Å². The number of hydrogen-bond donors (Lipinski definition) is 1. The standard InChI is InChI=1S/C10H18O/c1-8(2)10(9(3)4)6-5-7-11/h5-6,8,11H,7H2,1-4H3/b6-5+. The van der Waals surface area contributed by atoms with Crippen LogP contribution in [0.15, 0.2) is 23.3 Å². The van der Waals surface area contributed by atoms with Crippen LogP contribution in [0, 0.1) is 5.92 Å². The van der Waals surface area contributed by atoms with E-state index in [2.05, 4.69) is 27.7 Å². The van der Waals surface area contributed by atoms with E-state index in [1.54, 1.807) is 6.08 Å². The summed E-state index contributed by atoms with van der Waals surface area (Å²) in [7, 11) is 0. The molecule has 0 aromatic rings. The van der Waals surface area contributed by atoms with Crippen molar-refractivity contribution in [3.05, 3.63) is 23.3 Å². The van der Waals surface area contributed by atoms with Crippen LogP contribution < -0.4 is 0 Å². The van der Waals surface area contributed by atoms with Crippen molar-refractivity contribution in [3.8, 4) is 0 Å². The Morgan fingerprint density at radius 2 is 1.91 bits per heavy atom. The Balaban J connectivity index is 4.38. The molecule has 0 fully saturated rings. The number of hydrogen-bond acceptors (Lipinski definition) is 1. The number of aliphatic hydroxyl groups is 1. The maximum atomic E-state index is 8.57. The molecule has 0 saturated heterocycles. The maximum Gasteiger partial charge on any atom is 0.0615 e. The molecule has 0 aromatic carbocycles. The van der Waals surface area contributed by atoms with E-state index in [4.69, 9.17) is 5.11 Å². The average Bonchev–Trinajstić information content (AvgIpc) is 1.87. The van der Waals surface area contributed by atoms with Gasteiger partial charge in [0, 0.05) is 0 Å². The number of rotatable bonds is 3. The minimum absolute atomic E-state index is 0.128. The summed E-state index contributed by atoms with van der Waals surface area (Å²) in [5.74, 6) is 0.544. The highest BCUT2D eigenvalue weighted by Gasteiger charge is 1.99. The third-order valence-corrected chi connectivity index (χ3v) is 1.60. The molecule has 0 atom stereocenters. The Kier molecular flexibility index (Phi) is 4.88. The van der Waals surface area contributed by atoms with Gasteiger partial charge in [0.1, 0.15) is 0 Å². The lowest BCUT2D eigenvalue weighted by molar-refractivity contribution is 0.342. The number of allylic oxidation sites excluding steroid dienone is 3. The zero-order valence-corrected chi connectivity index (χ0v) is 7.89. The summed E-state index contributed by atoms with van der Waals surface area (Å²) in [6.07, 6.45) is 3.78. The second-order valence-electron chi connectivity index (χ2n) is 3.19. The highest BCUT2D eigenvalue weighted by atomic mass is 16.2. The summed E-state index contributed by atoms with van der Waals surface area (Å²) in [4.78, 5) is 0. The molecule has 0 aliphatic rings. The fourth-order valence-corrected chi connectivity index (χ4v) is 1.12. The first kappa shape index (κ1) is 10.4. The first-order valence-corrected chi connectivity index (χ1v) is 4.04. The summed E-state index contributed by atoms with van der Waals surface area (Å²) in [5, 5.41) is 8.57. The predicted molar refractivity (Wildman–Crippen MR) is 49.4 cm³/mol. The molecule has 1 heteroatoms. The van der Waals surface area contributed by atoms with Crippen LogP contribution in [-0.4, -0.2) is 11.7 Å². The van der Waals surface area contributed by atoms with Gasteiger partial charge in [-0.15, -0.1) is 0 Å². The molecule has 0 saturated carbocycles. The Bertz CT molecular complexity index is 160. The van der Waals surface area contributed by atoms with Gasteiger partial charge in [0.15, 0.2) is 0 Å². The van der Waals surface area contributed by atoms with Crippen LogP contribution in [0.25, 0.3) is 0 Å². The zero-order chi connectivity index (χ0) is 8.85. The predicted octanol–water partition coefficient (Wildman–Crippen LogP) is 2.53. The van der Waals surface area contributed by atoms with Crippen LogP contribution >= 0.6 is 0 Å². The quantitative estimate of drug-likeness (QED) is 0.619. The molecule has 11 heavy (non-hydrogen) atoms. The van der Waals surface area contributed by atoms with Gasteiger partial charge in [-0.05, 0) is 25.3 Å². The fraction of sp³-hybridized carbons (Fsp3) is 0.600. The van der Waals surface area contributed by atoms with Gasteiger partial charge in [0.2, 0.25) is 0 Å².